The second-order valence-electron chi connectivity index (χ2n) is 2.36. The number of nitrogens with zero attached hydrogens (tertiary/aromatic N) is 1. The molecular formula is C7H7F2IN2O. The van der Waals surface area contributed by atoms with E-state index in [1.165, 1.54) is 6.07 Å². The van der Waals surface area contributed by atoms with Gasteiger partial charge in [0.1, 0.15) is 9.52 Å². The molecule has 0 aliphatic rings. The molecule has 3 N–H and O–H groups in total. The molecule has 0 saturated heterocycles. The smallest absolute Gasteiger partial charge is 0.267 e. The zero-order chi connectivity index (χ0) is 10.0. The highest BCUT2D eigenvalue weighted by Gasteiger charge is 2.17. The fourth-order valence-corrected chi connectivity index (χ4v) is 1.61. The Balaban J connectivity index is 3.30. The lowest BCUT2D eigenvalue weighted by Gasteiger charge is -2.09. The first-order chi connectivity index (χ1) is 6.06. The number of rotatable bonds is 2. The third-order valence-corrected chi connectivity index (χ3v) is 2.08. The molecule has 1 rings (SSSR count). The molecule has 0 atom stereocenters. The Labute approximate surface area is 87.1 Å². The van der Waals surface area contributed by atoms with Gasteiger partial charge in [-0.25, -0.2) is 13.8 Å². The Kier molecular flexibility index (Phi) is 3.37. The number of nitrogens with two attached hydrogens (primary N) is 1. The predicted molar refractivity (Wildman–Crippen MR) is 52.2 cm³/mol. The van der Waals surface area contributed by atoms with Gasteiger partial charge in [0.2, 0.25) is 0 Å². The SMILES string of the molecule is Nc1nc(I)cc(CO)c1C(F)F. The quantitative estimate of drug-likeness (QED) is 0.645. The second-order valence-corrected chi connectivity index (χ2v) is 3.47. The monoisotopic (exact) mass is 300 g/mol. The van der Waals surface area contributed by atoms with Crippen molar-refractivity contribution >= 4 is 28.4 Å². The summed E-state index contributed by atoms with van der Waals surface area (Å²) in [6, 6.07) is 1.39. The number of hydrogen-bond donors (Lipinski definition) is 2. The fraction of sp³-hybridized carbons (Fsp3) is 0.286. The van der Waals surface area contributed by atoms with Crippen LogP contribution in [0.15, 0.2) is 6.07 Å². The van der Waals surface area contributed by atoms with E-state index in [1.54, 1.807) is 0 Å². The topological polar surface area (TPSA) is 59.1 Å². The highest BCUT2D eigenvalue weighted by atomic mass is 127. The molecule has 72 valence electrons. The lowest BCUT2D eigenvalue weighted by molar-refractivity contribution is 0.147. The van der Waals surface area contributed by atoms with Crippen LogP contribution in [0.2, 0.25) is 0 Å². The standard InChI is InChI=1S/C7H7F2IN2O/c8-6(9)5-3(2-13)1-4(10)12-7(5)11/h1,6,13H,2H2,(H2,11,12). The molecule has 0 aromatic carbocycles. The van der Waals surface area contributed by atoms with Gasteiger partial charge in [0, 0.05) is 0 Å². The molecule has 0 fully saturated rings. The van der Waals surface area contributed by atoms with Gasteiger partial charge in [-0.3, -0.25) is 0 Å². The van der Waals surface area contributed by atoms with E-state index in [0.717, 1.165) is 0 Å². The summed E-state index contributed by atoms with van der Waals surface area (Å²) in [4.78, 5) is 3.68. The van der Waals surface area contributed by atoms with E-state index < -0.39 is 13.0 Å². The molecule has 0 saturated carbocycles. The molecule has 6 heteroatoms. The summed E-state index contributed by atoms with van der Waals surface area (Å²) in [5, 5.41) is 8.80. The zero-order valence-corrected chi connectivity index (χ0v) is 8.62. The van der Waals surface area contributed by atoms with E-state index in [-0.39, 0.29) is 16.9 Å². The first-order valence-corrected chi connectivity index (χ1v) is 4.48. The van der Waals surface area contributed by atoms with Crippen LogP contribution in [0.25, 0.3) is 0 Å². The minimum absolute atomic E-state index is 0.131. The van der Waals surface area contributed by atoms with E-state index in [2.05, 4.69) is 4.98 Å². The molecule has 1 aromatic rings. The average molecular weight is 300 g/mol. The summed E-state index contributed by atoms with van der Waals surface area (Å²) < 4.78 is 25.2. The lowest BCUT2D eigenvalue weighted by atomic mass is 10.1. The van der Waals surface area contributed by atoms with Crippen LogP contribution in [0, 0.1) is 3.70 Å². The fourth-order valence-electron chi connectivity index (χ4n) is 0.976. The van der Waals surface area contributed by atoms with Crippen LogP contribution in [0.4, 0.5) is 14.6 Å². The minimum atomic E-state index is -2.70. The molecule has 3 nitrogen and oxygen atoms in total. The maximum Gasteiger partial charge on any atom is 0.267 e. The van der Waals surface area contributed by atoms with Gasteiger partial charge < -0.3 is 10.8 Å². The number of hydrogen-bond acceptors (Lipinski definition) is 3. The number of aliphatic hydroxyl groups excluding tert-OH is 1. The van der Waals surface area contributed by atoms with Crippen molar-refractivity contribution in [2.75, 3.05) is 5.73 Å². The van der Waals surface area contributed by atoms with Crippen molar-refractivity contribution in [3.05, 3.63) is 20.9 Å². The van der Waals surface area contributed by atoms with E-state index in [9.17, 15) is 8.78 Å². The number of alkyl halides is 2. The van der Waals surface area contributed by atoms with Crippen LogP contribution >= 0.6 is 22.6 Å². The van der Waals surface area contributed by atoms with Crippen LogP contribution in [0.5, 0.6) is 0 Å². The summed E-state index contributed by atoms with van der Waals surface area (Å²) in [6.45, 7) is -0.456. The number of aromatic nitrogens is 1. The number of nitrogen functional groups attached to an aromatic ring is 1. The molecule has 0 aliphatic heterocycles. The van der Waals surface area contributed by atoms with Gasteiger partial charge in [-0.1, -0.05) is 0 Å². The van der Waals surface area contributed by atoms with E-state index in [1.807, 2.05) is 22.6 Å². The van der Waals surface area contributed by atoms with Gasteiger partial charge in [-0.05, 0) is 34.2 Å². The molecule has 1 aromatic heterocycles. The first-order valence-electron chi connectivity index (χ1n) is 3.40. The molecule has 0 amide bonds. The molecular weight excluding hydrogens is 293 g/mol. The highest BCUT2D eigenvalue weighted by Crippen LogP contribution is 2.28. The summed E-state index contributed by atoms with van der Waals surface area (Å²) in [6.07, 6.45) is -2.70. The summed E-state index contributed by atoms with van der Waals surface area (Å²) >= 11 is 1.85. The van der Waals surface area contributed by atoms with Crippen molar-refractivity contribution in [1.82, 2.24) is 4.98 Å². The van der Waals surface area contributed by atoms with Crippen molar-refractivity contribution < 1.29 is 13.9 Å². The zero-order valence-electron chi connectivity index (χ0n) is 6.47. The second kappa shape index (κ2) is 4.14. The van der Waals surface area contributed by atoms with E-state index in [4.69, 9.17) is 10.8 Å². The normalized spacial score (nSPS) is 10.8. The third-order valence-electron chi connectivity index (χ3n) is 1.53. The van der Waals surface area contributed by atoms with Crippen molar-refractivity contribution in [2.24, 2.45) is 0 Å². The Morgan fingerprint density at radius 1 is 1.62 bits per heavy atom. The van der Waals surface area contributed by atoms with Gasteiger partial charge >= 0.3 is 0 Å². The third kappa shape index (κ3) is 2.25. The Bertz CT molecular complexity index is 320. The molecule has 1 heterocycles. The van der Waals surface area contributed by atoms with Crippen LogP contribution in [0.1, 0.15) is 17.6 Å². The van der Waals surface area contributed by atoms with Gasteiger partial charge in [-0.15, -0.1) is 0 Å². The van der Waals surface area contributed by atoms with Crippen LogP contribution in [-0.4, -0.2) is 10.1 Å². The number of anilines is 1. The number of pyridine rings is 1. The number of aliphatic hydroxyl groups is 1. The molecule has 13 heavy (non-hydrogen) atoms. The average Bonchev–Trinajstić information content (AvgIpc) is 2.01. The Morgan fingerprint density at radius 3 is 2.69 bits per heavy atom. The summed E-state index contributed by atoms with van der Waals surface area (Å²) in [5.74, 6) is -0.217. The molecule has 0 bridgehead atoms. The van der Waals surface area contributed by atoms with E-state index in [0.29, 0.717) is 3.70 Å². The van der Waals surface area contributed by atoms with Crippen molar-refractivity contribution in [3.8, 4) is 0 Å². The number of halogens is 3. The molecule has 0 radical (unpaired) electrons. The van der Waals surface area contributed by atoms with Crippen LogP contribution < -0.4 is 5.73 Å². The maximum absolute atomic E-state index is 12.4. The maximum atomic E-state index is 12.4. The Morgan fingerprint density at radius 2 is 2.23 bits per heavy atom. The largest absolute Gasteiger partial charge is 0.392 e. The summed E-state index contributed by atoms with van der Waals surface area (Å²) in [5.41, 5.74) is 5.05. The van der Waals surface area contributed by atoms with Crippen LogP contribution in [0.3, 0.4) is 0 Å². The summed E-state index contributed by atoms with van der Waals surface area (Å²) in [7, 11) is 0. The van der Waals surface area contributed by atoms with Gasteiger partial charge in [0.25, 0.3) is 6.43 Å². The molecule has 0 spiro atoms. The van der Waals surface area contributed by atoms with Gasteiger partial charge in [0.15, 0.2) is 0 Å². The Hall–Kier alpha value is -0.500. The van der Waals surface area contributed by atoms with Crippen LogP contribution in [-0.2, 0) is 6.61 Å². The van der Waals surface area contributed by atoms with Crippen molar-refractivity contribution in [2.45, 2.75) is 13.0 Å². The minimum Gasteiger partial charge on any atom is -0.392 e. The van der Waals surface area contributed by atoms with Crippen molar-refractivity contribution in [3.63, 3.8) is 0 Å². The van der Waals surface area contributed by atoms with Gasteiger partial charge in [0.05, 0.1) is 12.2 Å². The lowest BCUT2D eigenvalue weighted by Crippen LogP contribution is -2.04. The van der Waals surface area contributed by atoms with E-state index >= 15 is 0 Å². The van der Waals surface area contributed by atoms with Gasteiger partial charge in [-0.2, -0.15) is 0 Å². The molecule has 0 unspecified atom stereocenters. The predicted octanol–water partition coefficient (Wildman–Crippen LogP) is 1.70. The van der Waals surface area contributed by atoms with Crippen molar-refractivity contribution in [1.29, 1.82) is 0 Å². The highest BCUT2D eigenvalue weighted by molar-refractivity contribution is 14.1. The first kappa shape index (κ1) is 10.6. The molecule has 0 aliphatic carbocycles.